The van der Waals surface area contributed by atoms with Gasteiger partial charge >= 0.3 is 0 Å². The third-order valence-corrected chi connectivity index (χ3v) is 4.85. The molecular weight excluding hydrogens is 352 g/mol. The fraction of sp³-hybridized carbons (Fsp3) is 0.389. The zero-order chi connectivity index (χ0) is 19.3. The van der Waals surface area contributed by atoms with E-state index in [1.165, 1.54) is 15.6 Å². The van der Waals surface area contributed by atoms with Gasteiger partial charge in [0.05, 0.1) is 18.0 Å². The standard InChI is InChI=1S/C18H20N4O5/c1-9-3-5-11(6-4-9)21-8-19-13-10(2)20-22(14(13)17(21)26)18-16(25)15(24)12(7-23)27-18/h3-6,8,12,15-16,18,23-25H,7H2,1-2H3/t12-,15-,16-,18-/m1/s1. The molecule has 9 heteroatoms. The van der Waals surface area contributed by atoms with Crippen molar-refractivity contribution in [3.8, 4) is 5.69 Å². The van der Waals surface area contributed by atoms with Gasteiger partial charge in [-0.1, -0.05) is 17.7 Å². The van der Waals surface area contributed by atoms with E-state index in [2.05, 4.69) is 10.1 Å². The van der Waals surface area contributed by atoms with Gasteiger partial charge in [0.25, 0.3) is 5.56 Å². The summed E-state index contributed by atoms with van der Waals surface area (Å²) in [6, 6.07) is 7.40. The summed E-state index contributed by atoms with van der Waals surface area (Å²) in [4.78, 5) is 17.5. The van der Waals surface area contributed by atoms with Crippen molar-refractivity contribution in [3.05, 3.63) is 52.2 Å². The molecule has 1 saturated heterocycles. The lowest BCUT2D eigenvalue weighted by Crippen LogP contribution is -2.33. The Hall–Kier alpha value is -2.59. The molecule has 0 spiro atoms. The van der Waals surface area contributed by atoms with Crippen LogP contribution >= 0.6 is 0 Å². The number of aliphatic hydroxyl groups excluding tert-OH is 3. The molecule has 4 atom stereocenters. The number of hydrogen-bond acceptors (Lipinski definition) is 7. The topological polar surface area (TPSA) is 123 Å². The van der Waals surface area contributed by atoms with Crippen molar-refractivity contribution >= 4 is 11.0 Å². The van der Waals surface area contributed by atoms with Crippen LogP contribution in [0.4, 0.5) is 0 Å². The fourth-order valence-electron chi connectivity index (χ4n) is 3.33. The number of aryl methyl sites for hydroxylation is 2. The van der Waals surface area contributed by atoms with E-state index in [0.717, 1.165) is 5.56 Å². The summed E-state index contributed by atoms with van der Waals surface area (Å²) < 4.78 is 8.17. The largest absolute Gasteiger partial charge is 0.394 e. The van der Waals surface area contributed by atoms with Crippen LogP contribution in [0.2, 0.25) is 0 Å². The first-order chi connectivity index (χ1) is 12.9. The molecule has 0 radical (unpaired) electrons. The third-order valence-electron chi connectivity index (χ3n) is 4.85. The Morgan fingerprint density at radius 3 is 2.48 bits per heavy atom. The van der Waals surface area contributed by atoms with E-state index in [-0.39, 0.29) is 11.1 Å². The summed E-state index contributed by atoms with van der Waals surface area (Å²) in [7, 11) is 0. The van der Waals surface area contributed by atoms with E-state index in [4.69, 9.17) is 4.74 Å². The second-order valence-electron chi connectivity index (χ2n) is 6.71. The molecule has 4 rings (SSSR count). The number of rotatable bonds is 3. The van der Waals surface area contributed by atoms with Gasteiger partial charge < -0.3 is 20.1 Å². The number of hydrogen-bond donors (Lipinski definition) is 3. The lowest BCUT2D eigenvalue weighted by Gasteiger charge is -2.16. The lowest BCUT2D eigenvalue weighted by molar-refractivity contribution is -0.0566. The predicted octanol–water partition coefficient (Wildman–Crippen LogP) is -0.189. The fourth-order valence-corrected chi connectivity index (χ4v) is 3.33. The number of fused-ring (bicyclic) bond motifs is 1. The Bertz CT molecular complexity index is 1040. The average molecular weight is 372 g/mol. The van der Waals surface area contributed by atoms with Crippen LogP contribution in [0.5, 0.6) is 0 Å². The van der Waals surface area contributed by atoms with Crippen LogP contribution in [-0.4, -0.2) is 59.6 Å². The van der Waals surface area contributed by atoms with Crippen LogP contribution in [0.1, 0.15) is 17.5 Å². The molecule has 0 bridgehead atoms. The maximum Gasteiger partial charge on any atom is 0.284 e. The van der Waals surface area contributed by atoms with Crippen LogP contribution in [0.3, 0.4) is 0 Å². The van der Waals surface area contributed by atoms with Gasteiger partial charge in [-0.2, -0.15) is 5.10 Å². The van der Waals surface area contributed by atoms with Crippen LogP contribution in [0.15, 0.2) is 35.4 Å². The maximum absolute atomic E-state index is 13.2. The molecule has 0 unspecified atom stereocenters. The van der Waals surface area contributed by atoms with Crippen molar-refractivity contribution in [3.63, 3.8) is 0 Å². The van der Waals surface area contributed by atoms with Crippen molar-refractivity contribution in [1.29, 1.82) is 0 Å². The Balaban J connectivity index is 1.89. The summed E-state index contributed by atoms with van der Waals surface area (Å²) in [5.41, 5.74) is 2.38. The van der Waals surface area contributed by atoms with Gasteiger partial charge in [-0.3, -0.25) is 9.36 Å². The van der Waals surface area contributed by atoms with E-state index >= 15 is 0 Å². The minimum atomic E-state index is -1.34. The number of aromatic nitrogens is 4. The van der Waals surface area contributed by atoms with Crippen molar-refractivity contribution in [1.82, 2.24) is 19.3 Å². The summed E-state index contributed by atoms with van der Waals surface area (Å²) in [5.74, 6) is 0. The molecule has 0 amide bonds. The smallest absolute Gasteiger partial charge is 0.284 e. The molecule has 1 aromatic carbocycles. The van der Waals surface area contributed by atoms with Gasteiger partial charge in [0.2, 0.25) is 0 Å². The third kappa shape index (κ3) is 2.76. The first-order valence-corrected chi connectivity index (χ1v) is 8.58. The minimum absolute atomic E-state index is 0.158. The van der Waals surface area contributed by atoms with Crippen molar-refractivity contribution < 1.29 is 20.1 Å². The molecular formula is C18H20N4O5. The first kappa shape index (κ1) is 17.8. The van der Waals surface area contributed by atoms with Gasteiger partial charge in [-0.25, -0.2) is 9.67 Å². The van der Waals surface area contributed by atoms with E-state index in [0.29, 0.717) is 16.9 Å². The van der Waals surface area contributed by atoms with E-state index < -0.39 is 31.1 Å². The second kappa shape index (κ2) is 6.54. The number of aliphatic hydroxyl groups is 3. The minimum Gasteiger partial charge on any atom is -0.394 e. The van der Waals surface area contributed by atoms with Crippen molar-refractivity contribution in [2.24, 2.45) is 0 Å². The molecule has 1 fully saturated rings. The van der Waals surface area contributed by atoms with E-state index in [1.807, 2.05) is 31.2 Å². The molecule has 9 nitrogen and oxygen atoms in total. The molecule has 3 heterocycles. The number of ether oxygens (including phenoxy) is 1. The van der Waals surface area contributed by atoms with Crippen LogP contribution in [0.25, 0.3) is 16.7 Å². The SMILES string of the molecule is Cc1ccc(-n2cnc3c(C)nn([C@@H]4O[C@H](CO)[C@@H](O)[C@H]4O)c3c2=O)cc1. The summed E-state index contributed by atoms with van der Waals surface area (Å²) in [6.45, 7) is 3.19. The number of nitrogens with zero attached hydrogens (tertiary/aromatic N) is 4. The molecule has 142 valence electrons. The monoisotopic (exact) mass is 372 g/mol. The average Bonchev–Trinajstić information content (AvgIpc) is 3.14. The highest BCUT2D eigenvalue weighted by atomic mass is 16.6. The van der Waals surface area contributed by atoms with Gasteiger partial charge in [-0.05, 0) is 26.0 Å². The maximum atomic E-state index is 13.2. The molecule has 0 aliphatic carbocycles. The molecule has 1 aliphatic rings. The zero-order valence-electron chi connectivity index (χ0n) is 14.9. The van der Waals surface area contributed by atoms with Crippen molar-refractivity contribution in [2.45, 2.75) is 38.4 Å². The molecule has 0 saturated carbocycles. The highest BCUT2D eigenvalue weighted by Crippen LogP contribution is 2.31. The van der Waals surface area contributed by atoms with Crippen LogP contribution < -0.4 is 5.56 Å². The van der Waals surface area contributed by atoms with E-state index in [9.17, 15) is 20.1 Å². The normalized spacial score (nSPS) is 25.4. The Kier molecular flexibility index (Phi) is 4.31. The molecule has 27 heavy (non-hydrogen) atoms. The highest BCUT2D eigenvalue weighted by Gasteiger charge is 2.44. The van der Waals surface area contributed by atoms with Gasteiger partial charge in [0.1, 0.15) is 30.2 Å². The molecule has 2 aromatic heterocycles. The van der Waals surface area contributed by atoms with Gasteiger partial charge in [-0.15, -0.1) is 0 Å². The van der Waals surface area contributed by atoms with E-state index in [1.54, 1.807) is 6.92 Å². The second-order valence-corrected chi connectivity index (χ2v) is 6.71. The zero-order valence-corrected chi connectivity index (χ0v) is 14.9. The molecule has 3 N–H and O–H groups in total. The summed E-state index contributed by atoms with van der Waals surface area (Å²) in [6.07, 6.45) is -3.24. The Morgan fingerprint density at radius 1 is 1.15 bits per heavy atom. The lowest BCUT2D eigenvalue weighted by atomic mass is 10.1. The Morgan fingerprint density at radius 2 is 1.85 bits per heavy atom. The summed E-state index contributed by atoms with van der Waals surface area (Å²) >= 11 is 0. The molecule has 1 aliphatic heterocycles. The van der Waals surface area contributed by atoms with Crippen LogP contribution in [0, 0.1) is 13.8 Å². The Labute approximate surface area is 154 Å². The predicted molar refractivity (Wildman–Crippen MR) is 95.6 cm³/mol. The van der Waals surface area contributed by atoms with Crippen molar-refractivity contribution in [2.75, 3.05) is 6.61 Å². The van der Waals surface area contributed by atoms with Gasteiger partial charge in [0.15, 0.2) is 11.7 Å². The quantitative estimate of drug-likeness (QED) is 0.582. The van der Waals surface area contributed by atoms with Gasteiger partial charge in [0, 0.05) is 0 Å². The summed E-state index contributed by atoms with van der Waals surface area (Å²) in [5, 5.41) is 33.9. The molecule has 3 aromatic rings. The first-order valence-electron chi connectivity index (χ1n) is 8.58. The highest BCUT2D eigenvalue weighted by molar-refractivity contribution is 5.76. The van der Waals surface area contributed by atoms with Crippen LogP contribution in [-0.2, 0) is 4.74 Å². The number of benzene rings is 1.